The van der Waals surface area contributed by atoms with Crippen LogP contribution in [0.5, 0.6) is 0 Å². The molecule has 0 atom stereocenters. The van der Waals surface area contributed by atoms with Gasteiger partial charge in [-0.25, -0.2) is 8.78 Å². The van der Waals surface area contributed by atoms with E-state index in [1.54, 1.807) is 18.2 Å². The summed E-state index contributed by atoms with van der Waals surface area (Å²) in [4.78, 5) is 28.5. The van der Waals surface area contributed by atoms with Crippen molar-refractivity contribution in [1.29, 1.82) is 0 Å². The van der Waals surface area contributed by atoms with Crippen LogP contribution >= 0.6 is 0 Å². The zero-order valence-corrected chi connectivity index (χ0v) is 14.3. The Kier molecular flexibility index (Phi) is 5.21. The molecular formula is C20H15F2N3O2. The summed E-state index contributed by atoms with van der Waals surface area (Å²) in [6.45, 7) is 1.90. The number of amides is 2. The zero-order chi connectivity index (χ0) is 19.4. The number of rotatable bonds is 4. The second-order valence-electron chi connectivity index (χ2n) is 5.80. The van der Waals surface area contributed by atoms with Crippen molar-refractivity contribution < 1.29 is 18.4 Å². The van der Waals surface area contributed by atoms with Crippen molar-refractivity contribution in [3.8, 4) is 0 Å². The molecule has 0 aliphatic rings. The minimum Gasteiger partial charge on any atom is -0.322 e. The van der Waals surface area contributed by atoms with Crippen molar-refractivity contribution in [3.05, 3.63) is 89.2 Å². The maximum Gasteiger partial charge on any atom is 0.274 e. The Labute approximate surface area is 154 Å². The first kappa shape index (κ1) is 18.2. The van der Waals surface area contributed by atoms with Crippen molar-refractivity contribution in [2.24, 2.45) is 0 Å². The second kappa shape index (κ2) is 7.74. The molecule has 0 saturated carbocycles. The highest BCUT2D eigenvalue weighted by molar-refractivity contribution is 6.07. The Bertz CT molecular complexity index is 1000. The minimum atomic E-state index is -0.906. The van der Waals surface area contributed by atoms with Gasteiger partial charge in [0.25, 0.3) is 11.8 Å². The predicted octanol–water partition coefficient (Wildman–Crippen LogP) is 4.17. The van der Waals surface area contributed by atoms with Crippen molar-refractivity contribution in [1.82, 2.24) is 4.98 Å². The molecule has 2 aromatic carbocycles. The molecule has 27 heavy (non-hydrogen) atoms. The Hall–Kier alpha value is -3.61. The first-order valence-corrected chi connectivity index (χ1v) is 8.03. The topological polar surface area (TPSA) is 71.1 Å². The van der Waals surface area contributed by atoms with Gasteiger partial charge in [-0.15, -0.1) is 0 Å². The Morgan fingerprint density at radius 3 is 2.30 bits per heavy atom. The molecule has 2 N–H and O–H groups in total. The van der Waals surface area contributed by atoms with Crippen LogP contribution in [0.3, 0.4) is 0 Å². The number of pyridine rings is 1. The predicted molar refractivity (Wildman–Crippen MR) is 97.7 cm³/mol. The number of benzene rings is 2. The molecule has 0 unspecified atom stereocenters. The van der Waals surface area contributed by atoms with Crippen LogP contribution in [-0.2, 0) is 0 Å². The van der Waals surface area contributed by atoms with E-state index in [1.165, 1.54) is 24.4 Å². The number of hydrogen-bond acceptors (Lipinski definition) is 3. The van der Waals surface area contributed by atoms with Gasteiger partial charge in [0, 0.05) is 17.4 Å². The fourth-order valence-corrected chi connectivity index (χ4v) is 2.42. The first-order valence-electron chi connectivity index (χ1n) is 8.03. The molecule has 0 aliphatic carbocycles. The number of para-hydroxylation sites is 1. The number of nitrogens with zero attached hydrogens (tertiary/aromatic N) is 1. The van der Waals surface area contributed by atoms with E-state index in [1.807, 2.05) is 13.0 Å². The number of aromatic nitrogens is 1. The Balaban J connectivity index is 1.78. The summed E-state index contributed by atoms with van der Waals surface area (Å²) in [6.07, 6.45) is 1.28. The molecule has 3 rings (SSSR count). The molecular weight excluding hydrogens is 352 g/mol. The van der Waals surface area contributed by atoms with Gasteiger partial charge in [-0.1, -0.05) is 18.2 Å². The van der Waals surface area contributed by atoms with E-state index in [2.05, 4.69) is 15.6 Å². The van der Waals surface area contributed by atoms with Crippen LogP contribution in [0.1, 0.15) is 26.4 Å². The molecule has 2 amide bonds. The molecule has 0 aliphatic heterocycles. The highest BCUT2D eigenvalue weighted by atomic mass is 19.1. The summed E-state index contributed by atoms with van der Waals surface area (Å²) in [7, 11) is 0. The molecule has 3 aromatic rings. The molecule has 0 radical (unpaired) electrons. The zero-order valence-electron chi connectivity index (χ0n) is 14.3. The average molecular weight is 367 g/mol. The fourth-order valence-electron chi connectivity index (χ4n) is 2.42. The monoisotopic (exact) mass is 367 g/mol. The molecule has 0 spiro atoms. The lowest BCUT2D eigenvalue weighted by Gasteiger charge is -2.09. The van der Waals surface area contributed by atoms with Gasteiger partial charge in [0.15, 0.2) is 0 Å². The lowest BCUT2D eigenvalue weighted by Crippen LogP contribution is -2.18. The first-order chi connectivity index (χ1) is 12.9. The number of carbonyl (C=O) groups is 2. The van der Waals surface area contributed by atoms with Crippen LogP contribution in [0.15, 0.2) is 60.8 Å². The second-order valence-corrected chi connectivity index (χ2v) is 5.80. The van der Waals surface area contributed by atoms with Crippen LogP contribution in [0.25, 0.3) is 0 Å². The molecule has 1 heterocycles. The van der Waals surface area contributed by atoms with E-state index in [9.17, 15) is 18.4 Å². The van der Waals surface area contributed by atoms with Crippen molar-refractivity contribution in [2.75, 3.05) is 10.6 Å². The fraction of sp³-hybridized carbons (Fsp3) is 0.0500. The number of carbonyl (C=O) groups excluding carboxylic acids is 2. The van der Waals surface area contributed by atoms with E-state index in [0.29, 0.717) is 5.69 Å². The standard InChI is InChI=1S/C20H15F2N3O2/c1-12-4-2-5-14(10-12)24-19(26)13-8-9-23-17(11-13)20(27)25-18-15(21)6-3-7-16(18)22/h2-11H,1H3,(H,24,26)(H,25,27). The number of halogens is 2. The molecule has 7 heteroatoms. The van der Waals surface area contributed by atoms with Crippen LogP contribution in [0, 0.1) is 18.6 Å². The molecule has 0 bridgehead atoms. The Morgan fingerprint density at radius 2 is 1.59 bits per heavy atom. The Morgan fingerprint density at radius 1 is 0.889 bits per heavy atom. The summed E-state index contributed by atoms with van der Waals surface area (Å²) in [5.74, 6) is -3.08. The molecule has 136 valence electrons. The third-order valence-corrected chi connectivity index (χ3v) is 3.73. The van der Waals surface area contributed by atoms with Gasteiger partial charge >= 0.3 is 0 Å². The molecule has 1 aromatic heterocycles. The highest BCUT2D eigenvalue weighted by Crippen LogP contribution is 2.19. The van der Waals surface area contributed by atoms with Gasteiger partial charge in [-0.3, -0.25) is 14.6 Å². The quantitative estimate of drug-likeness (QED) is 0.727. The van der Waals surface area contributed by atoms with Crippen molar-refractivity contribution in [2.45, 2.75) is 6.92 Å². The van der Waals surface area contributed by atoms with Gasteiger partial charge in [-0.05, 0) is 48.9 Å². The van der Waals surface area contributed by atoms with Gasteiger partial charge in [0.1, 0.15) is 23.0 Å². The van der Waals surface area contributed by atoms with E-state index >= 15 is 0 Å². The van der Waals surface area contributed by atoms with Crippen LogP contribution < -0.4 is 10.6 Å². The van der Waals surface area contributed by atoms with E-state index < -0.39 is 29.1 Å². The number of hydrogen-bond donors (Lipinski definition) is 2. The van der Waals surface area contributed by atoms with E-state index in [0.717, 1.165) is 17.7 Å². The highest BCUT2D eigenvalue weighted by Gasteiger charge is 2.16. The molecule has 0 fully saturated rings. The van der Waals surface area contributed by atoms with Crippen LogP contribution in [-0.4, -0.2) is 16.8 Å². The maximum atomic E-state index is 13.7. The minimum absolute atomic E-state index is 0.144. The summed E-state index contributed by atoms with van der Waals surface area (Å²) >= 11 is 0. The third kappa shape index (κ3) is 4.33. The summed E-state index contributed by atoms with van der Waals surface area (Å²) in [5.41, 5.74) is 1.06. The third-order valence-electron chi connectivity index (χ3n) is 3.73. The van der Waals surface area contributed by atoms with E-state index in [-0.39, 0.29) is 11.3 Å². The van der Waals surface area contributed by atoms with Gasteiger partial charge in [0.05, 0.1) is 0 Å². The molecule has 0 saturated heterocycles. The van der Waals surface area contributed by atoms with E-state index in [4.69, 9.17) is 0 Å². The summed E-state index contributed by atoms with van der Waals surface area (Å²) < 4.78 is 27.3. The maximum absolute atomic E-state index is 13.7. The van der Waals surface area contributed by atoms with Crippen molar-refractivity contribution in [3.63, 3.8) is 0 Å². The summed E-state index contributed by atoms with van der Waals surface area (Å²) in [5, 5.41) is 4.85. The average Bonchev–Trinajstić information content (AvgIpc) is 2.65. The van der Waals surface area contributed by atoms with Crippen LogP contribution in [0.2, 0.25) is 0 Å². The number of aryl methyl sites for hydroxylation is 1. The van der Waals surface area contributed by atoms with Gasteiger partial charge < -0.3 is 10.6 Å². The normalized spacial score (nSPS) is 10.3. The largest absolute Gasteiger partial charge is 0.322 e. The van der Waals surface area contributed by atoms with Gasteiger partial charge in [-0.2, -0.15) is 0 Å². The lowest BCUT2D eigenvalue weighted by atomic mass is 10.2. The molecule has 5 nitrogen and oxygen atoms in total. The lowest BCUT2D eigenvalue weighted by molar-refractivity contribution is 0.102. The summed E-state index contributed by atoms with van der Waals surface area (Å²) in [6, 6.07) is 13.2. The van der Waals surface area contributed by atoms with Gasteiger partial charge in [0.2, 0.25) is 0 Å². The SMILES string of the molecule is Cc1cccc(NC(=O)c2ccnc(C(=O)Nc3c(F)cccc3F)c2)c1. The number of anilines is 2. The van der Waals surface area contributed by atoms with Crippen LogP contribution in [0.4, 0.5) is 20.2 Å². The van der Waals surface area contributed by atoms with Crippen molar-refractivity contribution >= 4 is 23.2 Å². The number of nitrogens with one attached hydrogen (secondary N) is 2. The smallest absolute Gasteiger partial charge is 0.274 e.